The van der Waals surface area contributed by atoms with Crippen molar-refractivity contribution in [2.75, 3.05) is 5.32 Å². The van der Waals surface area contributed by atoms with Crippen molar-refractivity contribution in [3.63, 3.8) is 0 Å². The minimum absolute atomic E-state index is 0.0432. The number of anilines is 1. The Labute approximate surface area is 138 Å². The maximum absolute atomic E-state index is 12.0. The van der Waals surface area contributed by atoms with Crippen LogP contribution < -0.4 is 5.32 Å². The van der Waals surface area contributed by atoms with Gasteiger partial charge in [0.05, 0.1) is 10.7 Å². The summed E-state index contributed by atoms with van der Waals surface area (Å²) in [5.74, 6) is -0.0432. The molecule has 0 saturated carbocycles. The maximum Gasteiger partial charge on any atom is 0.187 e. The van der Waals surface area contributed by atoms with Crippen LogP contribution in [0.3, 0.4) is 0 Å². The fourth-order valence-corrected chi connectivity index (χ4v) is 2.54. The fourth-order valence-electron chi connectivity index (χ4n) is 1.81. The zero-order valence-corrected chi connectivity index (χ0v) is 13.9. The molecule has 0 heterocycles. The van der Waals surface area contributed by atoms with Crippen LogP contribution in [0.15, 0.2) is 59.2 Å². The molecule has 0 atom stereocenters. The highest BCUT2D eigenvalue weighted by Crippen LogP contribution is 2.25. The smallest absolute Gasteiger partial charge is 0.187 e. The summed E-state index contributed by atoms with van der Waals surface area (Å²) in [5, 5.41) is 3.60. The molecule has 0 aromatic heterocycles. The van der Waals surface area contributed by atoms with E-state index in [1.165, 1.54) is 11.6 Å². The lowest BCUT2D eigenvalue weighted by Crippen LogP contribution is -1.97. The van der Waals surface area contributed by atoms with Crippen molar-refractivity contribution in [3.05, 3.63) is 75.4 Å². The number of nitrogens with one attached hydrogen (secondary N) is 1. The molecule has 21 heavy (non-hydrogen) atoms. The lowest BCUT2D eigenvalue weighted by molar-refractivity contribution is 0.104. The first-order valence-corrected chi connectivity index (χ1v) is 7.78. The average molecular weight is 365 g/mol. The Balaban J connectivity index is 2.01. The third kappa shape index (κ3) is 4.45. The summed E-state index contributed by atoms with van der Waals surface area (Å²) in [5.41, 5.74) is 2.65. The van der Waals surface area contributed by atoms with Gasteiger partial charge in [0.25, 0.3) is 0 Å². The molecular formula is C17H15BrClNO. The number of rotatable bonds is 5. The van der Waals surface area contributed by atoms with Gasteiger partial charge in [-0.15, -0.1) is 0 Å². The Morgan fingerprint density at radius 1 is 1.24 bits per heavy atom. The van der Waals surface area contributed by atoms with Crippen LogP contribution in [-0.4, -0.2) is 5.78 Å². The van der Waals surface area contributed by atoms with E-state index in [0.29, 0.717) is 10.6 Å². The van der Waals surface area contributed by atoms with Gasteiger partial charge in [0.1, 0.15) is 0 Å². The normalized spacial score (nSPS) is 10.8. The number of halogens is 2. The van der Waals surface area contributed by atoms with Crippen molar-refractivity contribution >= 4 is 39.0 Å². The molecule has 0 fully saturated rings. The molecule has 2 rings (SSSR count). The maximum atomic E-state index is 12.0. The van der Waals surface area contributed by atoms with E-state index in [9.17, 15) is 4.79 Å². The van der Waals surface area contributed by atoms with Crippen LogP contribution >= 0.6 is 27.5 Å². The van der Waals surface area contributed by atoms with E-state index in [1.807, 2.05) is 36.4 Å². The summed E-state index contributed by atoms with van der Waals surface area (Å²) in [4.78, 5) is 12.0. The number of hydrogen-bond acceptors (Lipinski definition) is 2. The summed E-state index contributed by atoms with van der Waals surface area (Å²) >= 11 is 9.43. The van der Waals surface area contributed by atoms with E-state index < -0.39 is 0 Å². The summed E-state index contributed by atoms with van der Waals surface area (Å²) < 4.78 is 0.911. The van der Waals surface area contributed by atoms with E-state index in [1.54, 1.807) is 12.3 Å². The minimum atomic E-state index is -0.0432. The Kier molecular flexibility index (Phi) is 5.59. The zero-order chi connectivity index (χ0) is 15.2. The van der Waals surface area contributed by atoms with E-state index in [0.717, 1.165) is 16.6 Å². The number of hydrogen-bond donors (Lipinski definition) is 1. The van der Waals surface area contributed by atoms with E-state index in [2.05, 4.69) is 28.2 Å². The molecule has 0 aliphatic rings. The van der Waals surface area contributed by atoms with Gasteiger partial charge in [0, 0.05) is 22.3 Å². The van der Waals surface area contributed by atoms with Gasteiger partial charge >= 0.3 is 0 Å². The Bertz CT molecular complexity index is 665. The molecule has 2 aromatic rings. The minimum Gasteiger partial charge on any atom is -0.360 e. The molecule has 0 saturated heterocycles. The Morgan fingerprint density at radius 3 is 2.57 bits per heavy atom. The van der Waals surface area contributed by atoms with Crippen LogP contribution in [0.2, 0.25) is 5.02 Å². The van der Waals surface area contributed by atoms with Gasteiger partial charge in [0.2, 0.25) is 0 Å². The predicted octanol–water partition coefficient (Wildman–Crippen LogP) is 5.47. The number of ketones is 1. The van der Waals surface area contributed by atoms with E-state index in [4.69, 9.17) is 11.6 Å². The SMILES string of the molecule is CCc1ccc(C(=O)/C=C/Nc2ccc(Br)cc2Cl)cc1. The summed E-state index contributed by atoms with van der Waals surface area (Å²) in [6.07, 6.45) is 4.07. The van der Waals surface area contributed by atoms with E-state index >= 15 is 0 Å². The van der Waals surface area contributed by atoms with Gasteiger partial charge in [-0.3, -0.25) is 4.79 Å². The van der Waals surface area contributed by atoms with Gasteiger partial charge in [-0.25, -0.2) is 0 Å². The number of carbonyl (C=O) groups excluding carboxylic acids is 1. The van der Waals surface area contributed by atoms with Crippen LogP contribution in [0.25, 0.3) is 0 Å². The van der Waals surface area contributed by atoms with Crippen LogP contribution in [0.5, 0.6) is 0 Å². The van der Waals surface area contributed by atoms with Crippen molar-refractivity contribution in [1.82, 2.24) is 0 Å². The number of benzene rings is 2. The fraction of sp³-hybridized carbons (Fsp3) is 0.118. The van der Waals surface area contributed by atoms with Crippen molar-refractivity contribution in [2.45, 2.75) is 13.3 Å². The summed E-state index contributed by atoms with van der Waals surface area (Å²) in [6.45, 7) is 2.09. The number of allylic oxidation sites excluding steroid dienone is 1. The van der Waals surface area contributed by atoms with Gasteiger partial charge in [-0.1, -0.05) is 58.7 Å². The quantitative estimate of drug-likeness (QED) is 0.563. The van der Waals surface area contributed by atoms with Crippen LogP contribution in [0.1, 0.15) is 22.8 Å². The first-order valence-electron chi connectivity index (χ1n) is 6.61. The first-order chi connectivity index (χ1) is 10.1. The number of aryl methyl sites for hydroxylation is 1. The molecular weight excluding hydrogens is 350 g/mol. The second kappa shape index (κ2) is 7.43. The number of carbonyl (C=O) groups is 1. The van der Waals surface area contributed by atoms with Crippen LogP contribution in [0, 0.1) is 0 Å². The molecule has 108 valence electrons. The monoisotopic (exact) mass is 363 g/mol. The van der Waals surface area contributed by atoms with Crippen molar-refractivity contribution in [2.24, 2.45) is 0 Å². The molecule has 0 amide bonds. The second-order valence-electron chi connectivity index (χ2n) is 4.52. The second-order valence-corrected chi connectivity index (χ2v) is 5.84. The standard InChI is InChI=1S/C17H15BrClNO/c1-2-12-3-5-13(6-4-12)17(21)9-10-20-16-8-7-14(18)11-15(16)19/h3-11,20H,2H2,1H3/b10-9+. The van der Waals surface area contributed by atoms with Gasteiger partial charge in [0.15, 0.2) is 5.78 Å². The third-order valence-electron chi connectivity index (χ3n) is 3.05. The lowest BCUT2D eigenvalue weighted by atomic mass is 10.1. The molecule has 0 spiro atoms. The summed E-state index contributed by atoms with van der Waals surface area (Å²) in [6, 6.07) is 13.2. The first kappa shape index (κ1) is 15.8. The molecule has 0 unspecified atom stereocenters. The highest BCUT2D eigenvalue weighted by atomic mass is 79.9. The molecule has 4 heteroatoms. The van der Waals surface area contributed by atoms with Crippen LogP contribution in [-0.2, 0) is 6.42 Å². The molecule has 2 nitrogen and oxygen atoms in total. The van der Waals surface area contributed by atoms with Gasteiger partial charge < -0.3 is 5.32 Å². The molecule has 1 N–H and O–H groups in total. The molecule has 0 bridgehead atoms. The van der Waals surface area contributed by atoms with Gasteiger partial charge in [-0.2, -0.15) is 0 Å². The Hall–Kier alpha value is -1.58. The third-order valence-corrected chi connectivity index (χ3v) is 3.86. The van der Waals surface area contributed by atoms with E-state index in [-0.39, 0.29) is 5.78 Å². The molecule has 2 aromatic carbocycles. The van der Waals surface area contributed by atoms with Crippen molar-refractivity contribution < 1.29 is 4.79 Å². The highest BCUT2D eigenvalue weighted by molar-refractivity contribution is 9.10. The topological polar surface area (TPSA) is 29.1 Å². The van der Waals surface area contributed by atoms with Crippen molar-refractivity contribution in [3.8, 4) is 0 Å². The largest absolute Gasteiger partial charge is 0.360 e. The molecule has 0 radical (unpaired) electrons. The highest BCUT2D eigenvalue weighted by Gasteiger charge is 2.02. The molecule has 0 aliphatic carbocycles. The zero-order valence-electron chi connectivity index (χ0n) is 11.6. The van der Waals surface area contributed by atoms with Crippen molar-refractivity contribution in [1.29, 1.82) is 0 Å². The molecule has 0 aliphatic heterocycles. The van der Waals surface area contributed by atoms with Gasteiger partial charge in [-0.05, 0) is 30.2 Å². The van der Waals surface area contributed by atoms with Crippen LogP contribution in [0.4, 0.5) is 5.69 Å². The predicted molar refractivity (Wildman–Crippen MR) is 92.1 cm³/mol. The average Bonchev–Trinajstić information content (AvgIpc) is 2.49. The summed E-state index contributed by atoms with van der Waals surface area (Å²) in [7, 11) is 0. The lowest BCUT2D eigenvalue weighted by Gasteiger charge is -2.04. The Morgan fingerprint density at radius 2 is 1.95 bits per heavy atom.